The van der Waals surface area contributed by atoms with E-state index in [1.165, 1.54) is 24.1 Å². The number of aliphatic imine (C=N–C) groups is 1. The monoisotopic (exact) mass is 342 g/mol. The molecule has 0 fully saturated rings. The highest BCUT2D eigenvalue weighted by Crippen LogP contribution is 2.22. The summed E-state index contributed by atoms with van der Waals surface area (Å²) in [6.45, 7) is 6.89. The Kier molecular flexibility index (Phi) is 7.71. The van der Waals surface area contributed by atoms with Gasteiger partial charge in [-0.3, -0.25) is 9.79 Å². The lowest BCUT2D eigenvalue weighted by Crippen LogP contribution is -2.24. The van der Waals surface area contributed by atoms with Crippen molar-refractivity contribution in [2.75, 3.05) is 11.4 Å². The van der Waals surface area contributed by atoms with Crippen LogP contribution in [0.15, 0.2) is 41.2 Å². The highest BCUT2D eigenvalue weighted by Gasteiger charge is 2.14. The smallest absolute Gasteiger partial charge is 0.306 e. The molecular weight excluding hydrogens is 312 g/mol. The topological polar surface area (TPSA) is 41.9 Å². The van der Waals surface area contributed by atoms with Gasteiger partial charge in [0.15, 0.2) is 0 Å². The Bertz CT molecular complexity index is 622. The zero-order chi connectivity index (χ0) is 18.1. The van der Waals surface area contributed by atoms with Crippen LogP contribution in [0.2, 0.25) is 0 Å². The zero-order valence-corrected chi connectivity index (χ0v) is 15.7. The predicted molar refractivity (Wildman–Crippen MR) is 104 cm³/mol. The van der Waals surface area contributed by atoms with Gasteiger partial charge in [-0.25, -0.2) is 0 Å². The number of carbonyl (C=O) groups is 1. The Morgan fingerprint density at radius 3 is 2.92 bits per heavy atom. The Labute approximate surface area is 151 Å². The van der Waals surface area contributed by atoms with E-state index in [0.717, 1.165) is 25.1 Å². The minimum Gasteiger partial charge on any atom is -0.462 e. The van der Waals surface area contributed by atoms with Crippen molar-refractivity contribution in [3.05, 3.63) is 41.7 Å². The van der Waals surface area contributed by atoms with E-state index in [-0.39, 0.29) is 12.1 Å². The Morgan fingerprint density at radius 2 is 2.16 bits per heavy atom. The number of anilines is 1. The maximum absolute atomic E-state index is 11.6. The van der Waals surface area contributed by atoms with Gasteiger partial charge in [0.05, 0.1) is 12.2 Å². The lowest BCUT2D eigenvalue weighted by atomic mass is 10.1. The van der Waals surface area contributed by atoms with Gasteiger partial charge in [-0.15, -0.1) is 0 Å². The van der Waals surface area contributed by atoms with Crippen molar-refractivity contribution in [3.8, 4) is 0 Å². The van der Waals surface area contributed by atoms with E-state index >= 15 is 0 Å². The Hall–Kier alpha value is -2.10. The molecule has 1 unspecified atom stereocenters. The highest BCUT2D eigenvalue weighted by atomic mass is 16.5. The lowest BCUT2D eigenvalue weighted by Gasteiger charge is -2.24. The van der Waals surface area contributed by atoms with Gasteiger partial charge in [-0.1, -0.05) is 32.4 Å². The van der Waals surface area contributed by atoms with Crippen molar-refractivity contribution in [1.82, 2.24) is 0 Å². The molecule has 1 heterocycles. The van der Waals surface area contributed by atoms with E-state index < -0.39 is 0 Å². The van der Waals surface area contributed by atoms with E-state index in [2.05, 4.69) is 47.3 Å². The van der Waals surface area contributed by atoms with Crippen LogP contribution in [0.1, 0.15) is 58.4 Å². The standard InChI is InChI=1S/C21H30N2O2/c1-4-6-9-18-10-7-11-20(15-18)23-13-12-22-19(16-23)14-17(3)25-21(24)8-5-2/h7,10-12,15-17H,4-6,8-9,13-14H2,1-3H3. The van der Waals surface area contributed by atoms with Crippen molar-refractivity contribution in [3.63, 3.8) is 0 Å². The number of nitrogens with zero attached hydrogens (tertiary/aromatic N) is 2. The molecule has 1 aliphatic rings. The predicted octanol–water partition coefficient (Wildman–Crippen LogP) is 4.88. The quantitative estimate of drug-likeness (QED) is 0.600. The summed E-state index contributed by atoms with van der Waals surface area (Å²) in [5.41, 5.74) is 3.51. The van der Waals surface area contributed by atoms with Crippen molar-refractivity contribution < 1.29 is 9.53 Å². The van der Waals surface area contributed by atoms with Crippen LogP contribution >= 0.6 is 0 Å². The number of rotatable bonds is 9. The summed E-state index contributed by atoms with van der Waals surface area (Å²) >= 11 is 0. The first-order chi connectivity index (χ1) is 12.1. The molecule has 4 nitrogen and oxygen atoms in total. The minimum absolute atomic E-state index is 0.129. The van der Waals surface area contributed by atoms with Crippen LogP contribution in [0.3, 0.4) is 0 Å². The first-order valence-corrected chi connectivity index (χ1v) is 9.40. The van der Waals surface area contributed by atoms with E-state index in [4.69, 9.17) is 4.74 Å². The number of ether oxygens (including phenoxy) is 1. The second-order valence-corrected chi connectivity index (χ2v) is 6.61. The molecule has 2 rings (SSSR count). The minimum atomic E-state index is -0.154. The van der Waals surface area contributed by atoms with Gasteiger partial charge in [0.1, 0.15) is 6.10 Å². The molecule has 1 aromatic carbocycles. The van der Waals surface area contributed by atoms with Gasteiger partial charge < -0.3 is 9.64 Å². The average molecular weight is 342 g/mol. The van der Waals surface area contributed by atoms with Crippen LogP contribution in [-0.2, 0) is 16.0 Å². The maximum atomic E-state index is 11.6. The van der Waals surface area contributed by atoms with Crippen molar-refractivity contribution in [2.24, 2.45) is 4.99 Å². The van der Waals surface area contributed by atoms with Gasteiger partial charge in [0.2, 0.25) is 0 Å². The van der Waals surface area contributed by atoms with Crippen molar-refractivity contribution >= 4 is 17.9 Å². The maximum Gasteiger partial charge on any atom is 0.306 e. The summed E-state index contributed by atoms with van der Waals surface area (Å²) in [6, 6.07) is 8.70. The number of unbranched alkanes of at least 4 members (excludes halogenated alkanes) is 1. The number of esters is 1. The van der Waals surface area contributed by atoms with Gasteiger partial charge in [-0.05, 0) is 43.9 Å². The molecule has 25 heavy (non-hydrogen) atoms. The van der Waals surface area contributed by atoms with E-state index in [1.807, 2.05) is 20.1 Å². The molecule has 0 aromatic heterocycles. The number of aryl methyl sites for hydroxylation is 1. The highest BCUT2D eigenvalue weighted by molar-refractivity contribution is 5.71. The third-order valence-electron chi connectivity index (χ3n) is 4.18. The summed E-state index contributed by atoms with van der Waals surface area (Å²) < 4.78 is 5.43. The fourth-order valence-corrected chi connectivity index (χ4v) is 2.89. The molecule has 0 bridgehead atoms. The van der Waals surface area contributed by atoms with Crippen LogP contribution in [0, 0.1) is 0 Å². The summed E-state index contributed by atoms with van der Waals surface area (Å²) in [6.07, 6.45) is 9.31. The molecule has 0 N–H and O–H groups in total. The van der Waals surface area contributed by atoms with Crippen molar-refractivity contribution in [1.29, 1.82) is 0 Å². The number of benzene rings is 1. The second-order valence-electron chi connectivity index (χ2n) is 6.61. The fourth-order valence-electron chi connectivity index (χ4n) is 2.89. The SMILES string of the molecule is CCCCc1cccc(N2C=C(CC(C)OC(=O)CCC)N=CC2)c1. The van der Waals surface area contributed by atoms with Crippen molar-refractivity contribution in [2.45, 2.75) is 65.4 Å². The molecule has 1 aromatic rings. The molecule has 1 atom stereocenters. The first kappa shape index (κ1) is 19.2. The summed E-state index contributed by atoms with van der Waals surface area (Å²) in [4.78, 5) is 18.3. The molecule has 1 aliphatic heterocycles. The van der Waals surface area contributed by atoms with Gasteiger partial charge in [0, 0.05) is 30.9 Å². The molecular formula is C21H30N2O2. The Morgan fingerprint density at radius 1 is 1.32 bits per heavy atom. The summed E-state index contributed by atoms with van der Waals surface area (Å²) in [5, 5.41) is 0. The summed E-state index contributed by atoms with van der Waals surface area (Å²) in [7, 11) is 0. The van der Waals surface area contributed by atoms with Gasteiger partial charge in [0.25, 0.3) is 0 Å². The Balaban J connectivity index is 1.99. The van der Waals surface area contributed by atoms with Crippen LogP contribution in [0.25, 0.3) is 0 Å². The van der Waals surface area contributed by atoms with Crippen LogP contribution in [0.5, 0.6) is 0 Å². The van der Waals surface area contributed by atoms with Crippen LogP contribution < -0.4 is 4.90 Å². The first-order valence-electron chi connectivity index (χ1n) is 9.40. The number of hydrogen-bond acceptors (Lipinski definition) is 4. The lowest BCUT2D eigenvalue weighted by molar-refractivity contribution is -0.148. The number of hydrogen-bond donors (Lipinski definition) is 0. The third-order valence-corrected chi connectivity index (χ3v) is 4.18. The second kappa shape index (κ2) is 10.0. The average Bonchev–Trinajstić information content (AvgIpc) is 2.60. The molecule has 0 spiro atoms. The molecule has 0 radical (unpaired) electrons. The fraction of sp³-hybridized carbons (Fsp3) is 0.524. The van der Waals surface area contributed by atoms with Gasteiger partial charge >= 0.3 is 5.97 Å². The van der Waals surface area contributed by atoms with Gasteiger partial charge in [-0.2, -0.15) is 0 Å². The van der Waals surface area contributed by atoms with E-state index in [9.17, 15) is 4.79 Å². The molecule has 0 amide bonds. The van der Waals surface area contributed by atoms with E-state index in [0.29, 0.717) is 12.8 Å². The normalized spacial score (nSPS) is 15.0. The molecule has 0 aliphatic carbocycles. The molecule has 4 heteroatoms. The van der Waals surface area contributed by atoms with Crippen LogP contribution in [0.4, 0.5) is 5.69 Å². The molecule has 0 saturated heterocycles. The molecule has 0 saturated carbocycles. The zero-order valence-electron chi connectivity index (χ0n) is 15.7. The number of carbonyl (C=O) groups excluding carboxylic acids is 1. The third kappa shape index (κ3) is 6.37. The molecule has 136 valence electrons. The van der Waals surface area contributed by atoms with E-state index in [1.54, 1.807) is 0 Å². The van der Waals surface area contributed by atoms with Crippen LogP contribution in [-0.4, -0.2) is 24.8 Å². The largest absolute Gasteiger partial charge is 0.462 e. The summed E-state index contributed by atoms with van der Waals surface area (Å²) in [5.74, 6) is -0.129.